The summed E-state index contributed by atoms with van der Waals surface area (Å²) in [5.41, 5.74) is 10.8. The summed E-state index contributed by atoms with van der Waals surface area (Å²) >= 11 is 1.74. The lowest BCUT2D eigenvalue weighted by molar-refractivity contribution is 0.696. The van der Waals surface area contributed by atoms with Crippen LogP contribution in [0.4, 0.5) is 5.00 Å². The first-order chi connectivity index (χ1) is 10.3. The van der Waals surface area contributed by atoms with E-state index in [1.807, 2.05) is 18.3 Å². The molecule has 0 fully saturated rings. The maximum Gasteiger partial charge on any atom is 0.160 e. The predicted octanol–water partition coefficient (Wildman–Crippen LogP) is 3.64. The number of thiophene rings is 1. The zero-order valence-corrected chi connectivity index (χ0v) is 12.9. The van der Waals surface area contributed by atoms with Crippen molar-refractivity contribution in [1.82, 2.24) is 14.5 Å². The van der Waals surface area contributed by atoms with Gasteiger partial charge in [0.2, 0.25) is 0 Å². The van der Waals surface area contributed by atoms with Gasteiger partial charge < -0.3 is 10.3 Å². The molecule has 0 radical (unpaired) electrons. The Hall–Kier alpha value is -1.88. The molecular weight excluding hydrogens is 280 g/mol. The number of hydrogen-bond donors (Lipinski definition) is 1. The van der Waals surface area contributed by atoms with Crippen molar-refractivity contribution in [2.24, 2.45) is 0 Å². The number of aryl methyl sites for hydroxylation is 2. The number of hydrogen-bond acceptors (Lipinski definition) is 4. The number of fused-ring (bicyclic) bond motifs is 2. The van der Waals surface area contributed by atoms with Gasteiger partial charge in [-0.15, -0.1) is 11.3 Å². The summed E-state index contributed by atoms with van der Waals surface area (Å²) in [5, 5.41) is 0.909. The van der Waals surface area contributed by atoms with Crippen LogP contribution in [0.15, 0.2) is 18.3 Å². The van der Waals surface area contributed by atoms with Crippen molar-refractivity contribution in [1.29, 1.82) is 0 Å². The molecule has 4 rings (SSSR count). The van der Waals surface area contributed by atoms with E-state index < -0.39 is 0 Å². The van der Waals surface area contributed by atoms with Crippen LogP contribution in [-0.2, 0) is 19.4 Å². The molecule has 0 saturated heterocycles. The molecule has 0 aliphatic heterocycles. The fourth-order valence-corrected chi connectivity index (χ4v) is 4.44. The number of aromatic nitrogens is 3. The lowest BCUT2D eigenvalue weighted by atomic mass is 9.95. The number of pyridine rings is 1. The number of imidazole rings is 1. The highest BCUT2D eigenvalue weighted by Crippen LogP contribution is 2.42. The second-order valence-electron chi connectivity index (χ2n) is 5.48. The SMILES string of the molecule is CCn1c(-c2c(N)sc3c2CCCC3)nc2cccnc21. The number of nitrogens with two attached hydrogens (primary N) is 1. The minimum atomic E-state index is 0.854. The Labute approximate surface area is 127 Å². The molecule has 5 heteroatoms. The van der Waals surface area contributed by atoms with Crippen LogP contribution in [0.5, 0.6) is 0 Å². The first kappa shape index (κ1) is 12.8. The number of nitrogen functional groups attached to an aromatic ring is 1. The van der Waals surface area contributed by atoms with E-state index >= 15 is 0 Å². The van der Waals surface area contributed by atoms with Crippen molar-refractivity contribution in [3.05, 3.63) is 28.8 Å². The third-order valence-electron chi connectivity index (χ3n) is 4.24. The van der Waals surface area contributed by atoms with Gasteiger partial charge in [-0.25, -0.2) is 9.97 Å². The third-order valence-corrected chi connectivity index (χ3v) is 5.36. The van der Waals surface area contributed by atoms with Gasteiger partial charge in [-0.2, -0.15) is 0 Å². The van der Waals surface area contributed by atoms with Gasteiger partial charge in [0.25, 0.3) is 0 Å². The van der Waals surface area contributed by atoms with E-state index in [0.717, 1.165) is 46.9 Å². The largest absolute Gasteiger partial charge is 0.390 e. The van der Waals surface area contributed by atoms with E-state index in [0.29, 0.717) is 0 Å². The average molecular weight is 298 g/mol. The number of nitrogens with zero attached hydrogens (tertiary/aromatic N) is 3. The van der Waals surface area contributed by atoms with Crippen LogP contribution in [0.25, 0.3) is 22.6 Å². The summed E-state index contributed by atoms with van der Waals surface area (Å²) in [4.78, 5) is 10.8. The van der Waals surface area contributed by atoms with Gasteiger partial charge in [0.05, 0.1) is 10.6 Å². The van der Waals surface area contributed by atoms with Gasteiger partial charge in [-0.1, -0.05) is 0 Å². The Morgan fingerprint density at radius 2 is 2.19 bits per heavy atom. The fraction of sp³-hybridized carbons (Fsp3) is 0.375. The highest BCUT2D eigenvalue weighted by atomic mass is 32.1. The normalized spacial score (nSPS) is 14.5. The van der Waals surface area contributed by atoms with Crippen molar-refractivity contribution in [2.75, 3.05) is 5.73 Å². The van der Waals surface area contributed by atoms with Crippen molar-refractivity contribution >= 4 is 27.5 Å². The van der Waals surface area contributed by atoms with E-state index in [1.165, 1.54) is 23.3 Å². The van der Waals surface area contributed by atoms with Crippen LogP contribution < -0.4 is 5.73 Å². The molecule has 3 aromatic rings. The van der Waals surface area contributed by atoms with E-state index in [9.17, 15) is 0 Å². The molecule has 2 N–H and O–H groups in total. The topological polar surface area (TPSA) is 56.7 Å². The molecule has 0 aromatic carbocycles. The van der Waals surface area contributed by atoms with Crippen LogP contribution in [0.3, 0.4) is 0 Å². The van der Waals surface area contributed by atoms with Gasteiger partial charge in [0.1, 0.15) is 11.3 Å². The summed E-state index contributed by atoms with van der Waals surface area (Å²) in [7, 11) is 0. The maximum atomic E-state index is 6.34. The lowest BCUT2D eigenvalue weighted by Crippen LogP contribution is -2.04. The summed E-state index contributed by atoms with van der Waals surface area (Å²) in [6.45, 7) is 2.99. The number of anilines is 1. The fourth-order valence-electron chi connectivity index (χ4n) is 3.28. The van der Waals surface area contributed by atoms with Crippen molar-refractivity contribution < 1.29 is 0 Å². The minimum absolute atomic E-state index is 0.854. The van der Waals surface area contributed by atoms with Crippen LogP contribution in [0.2, 0.25) is 0 Å². The predicted molar refractivity (Wildman–Crippen MR) is 87.6 cm³/mol. The Morgan fingerprint density at radius 1 is 1.33 bits per heavy atom. The van der Waals surface area contributed by atoms with Crippen molar-refractivity contribution in [3.8, 4) is 11.4 Å². The van der Waals surface area contributed by atoms with E-state index in [1.54, 1.807) is 11.3 Å². The van der Waals surface area contributed by atoms with Crippen molar-refractivity contribution in [3.63, 3.8) is 0 Å². The number of rotatable bonds is 2. The molecule has 0 saturated carbocycles. The summed E-state index contributed by atoms with van der Waals surface area (Å²) in [6.07, 6.45) is 6.64. The van der Waals surface area contributed by atoms with Crippen molar-refractivity contribution in [2.45, 2.75) is 39.2 Å². The minimum Gasteiger partial charge on any atom is -0.390 e. The molecule has 21 heavy (non-hydrogen) atoms. The molecule has 3 aromatic heterocycles. The van der Waals surface area contributed by atoms with Crippen LogP contribution in [0, 0.1) is 0 Å². The molecule has 0 unspecified atom stereocenters. The summed E-state index contributed by atoms with van der Waals surface area (Å²) < 4.78 is 2.18. The zero-order valence-electron chi connectivity index (χ0n) is 12.1. The molecule has 0 atom stereocenters. The molecule has 3 heterocycles. The second kappa shape index (κ2) is 4.84. The summed E-state index contributed by atoms with van der Waals surface area (Å²) in [5.74, 6) is 0.989. The highest BCUT2D eigenvalue weighted by Gasteiger charge is 2.24. The Bertz CT molecular complexity index is 815. The Kier molecular flexibility index (Phi) is 2.96. The molecule has 0 spiro atoms. The third kappa shape index (κ3) is 1.87. The van der Waals surface area contributed by atoms with E-state index in [2.05, 4.69) is 16.5 Å². The molecule has 1 aliphatic rings. The van der Waals surface area contributed by atoms with E-state index in [-0.39, 0.29) is 0 Å². The molecule has 0 amide bonds. The molecule has 4 nitrogen and oxygen atoms in total. The Morgan fingerprint density at radius 3 is 3.05 bits per heavy atom. The molecular formula is C16H18N4S. The zero-order chi connectivity index (χ0) is 14.4. The van der Waals surface area contributed by atoms with Gasteiger partial charge >= 0.3 is 0 Å². The second-order valence-corrected chi connectivity index (χ2v) is 6.61. The van der Waals surface area contributed by atoms with Crippen LogP contribution in [-0.4, -0.2) is 14.5 Å². The molecule has 0 bridgehead atoms. The molecule has 108 valence electrons. The quantitative estimate of drug-likeness (QED) is 0.786. The Balaban J connectivity index is 2.00. The van der Waals surface area contributed by atoms with Crippen LogP contribution >= 0.6 is 11.3 Å². The first-order valence-electron chi connectivity index (χ1n) is 7.51. The van der Waals surface area contributed by atoms with Gasteiger partial charge in [0.15, 0.2) is 5.65 Å². The summed E-state index contributed by atoms with van der Waals surface area (Å²) in [6, 6.07) is 3.96. The smallest absolute Gasteiger partial charge is 0.160 e. The lowest BCUT2D eigenvalue weighted by Gasteiger charge is -2.13. The van der Waals surface area contributed by atoms with Gasteiger partial charge in [-0.3, -0.25) is 0 Å². The van der Waals surface area contributed by atoms with Gasteiger partial charge in [0, 0.05) is 17.6 Å². The highest BCUT2D eigenvalue weighted by molar-refractivity contribution is 7.16. The van der Waals surface area contributed by atoms with Gasteiger partial charge in [-0.05, 0) is 50.3 Å². The standard InChI is InChI=1S/C16H18N4S/c1-2-20-15-11(7-5-9-18-15)19-16(20)13-10-6-3-4-8-12(10)21-14(13)17/h5,7,9H,2-4,6,8,17H2,1H3. The van der Waals surface area contributed by atoms with E-state index in [4.69, 9.17) is 10.7 Å². The molecule has 1 aliphatic carbocycles. The monoisotopic (exact) mass is 298 g/mol. The average Bonchev–Trinajstić information content (AvgIpc) is 3.02. The van der Waals surface area contributed by atoms with Crippen LogP contribution in [0.1, 0.15) is 30.2 Å². The maximum absolute atomic E-state index is 6.34. The first-order valence-corrected chi connectivity index (χ1v) is 8.33.